The molecule has 2 rings (SSSR count). The molecule has 0 bridgehead atoms. The molecule has 1 unspecified atom stereocenters. The molecule has 0 radical (unpaired) electrons. The van der Waals surface area contributed by atoms with Crippen LogP contribution in [-0.4, -0.2) is 15.0 Å². The average molecular weight is 353 g/mol. The van der Waals surface area contributed by atoms with E-state index < -0.39 is 11.0 Å². The summed E-state index contributed by atoms with van der Waals surface area (Å²) in [4.78, 5) is 14.6. The van der Waals surface area contributed by atoms with Gasteiger partial charge in [0.15, 0.2) is 0 Å². The lowest BCUT2D eigenvalue weighted by atomic mass is 10.1. The summed E-state index contributed by atoms with van der Waals surface area (Å²) in [5.74, 6) is 0.0713. The lowest BCUT2D eigenvalue weighted by molar-refractivity contribution is -0.386. The molecule has 0 aliphatic carbocycles. The topological polar surface area (TPSA) is 85.5 Å². The lowest BCUT2D eigenvalue weighted by Gasteiger charge is -2.14. The Balaban J connectivity index is 2.38. The summed E-state index contributed by atoms with van der Waals surface area (Å²) in [6.07, 6.45) is 2.37. The Bertz CT molecular complexity index is 647. The van der Waals surface area contributed by atoms with E-state index in [4.69, 9.17) is 4.74 Å². The molecule has 1 N–H and O–H groups in total. The Labute approximate surface area is 129 Å². The molecule has 0 saturated heterocycles. The van der Waals surface area contributed by atoms with Crippen LogP contribution in [0, 0.1) is 10.1 Å². The first-order valence-electron chi connectivity index (χ1n) is 6.16. The highest BCUT2D eigenvalue weighted by Gasteiger charge is 2.23. The Morgan fingerprint density at radius 1 is 1.52 bits per heavy atom. The number of benzene rings is 1. The minimum absolute atomic E-state index is 0.0713. The van der Waals surface area contributed by atoms with Crippen molar-refractivity contribution in [3.8, 4) is 5.75 Å². The van der Waals surface area contributed by atoms with Gasteiger partial charge in [-0.1, -0.05) is 22.0 Å². The number of nitro groups is 1. The minimum Gasteiger partial charge on any atom is -0.482 e. The summed E-state index contributed by atoms with van der Waals surface area (Å²) < 4.78 is 6.08. The van der Waals surface area contributed by atoms with Crippen LogP contribution in [0.4, 0.5) is 5.69 Å². The van der Waals surface area contributed by atoms with Gasteiger partial charge >= 0.3 is 5.69 Å². The third-order valence-corrected chi connectivity index (χ3v) is 3.27. The highest BCUT2D eigenvalue weighted by Crippen LogP contribution is 2.38. The van der Waals surface area contributed by atoms with Crippen LogP contribution in [0.2, 0.25) is 0 Å². The van der Waals surface area contributed by atoms with Crippen LogP contribution in [0.25, 0.3) is 0 Å². The van der Waals surface area contributed by atoms with Crippen molar-refractivity contribution in [3.63, 3.8) is 0 Å². The van der Waals surface area contributed by atoms with E-state index in [2.05, 4.69) is 20.9 Å². The number of aliphatic hydroxyl groups is 1. The van der Waals surface area contributed by atoms with E-state index in [1.165, 1.54) is 13.0 Å². The highest BCUT2D eigenvalue weighted by atomic mass is 79.9. The number of nitrogens with zero attached hydrogens (tertiary/aromatic N) is 2. The summed E-state index contributed by atoms with van der Waals surface area (Å²) in [7, 11) is 0. The van der Waals surface area contributed by atoms with Crippen molar-refractivity contribution < 1.29 is 14.8 Å². The van der Waals surface area contributed by atoms with Gasteiger partial charge in [-0.25, -0.2) is 0 Å². The van der Waals surface area contributed by atoms with Crippen LogP contribution < -0.4 is 4.74 Å². The van der Waals surface area contributed by atoms with Gasteiger partial charge in [-0.2, -0.15) is 0 Å². The molecule has 110 valence electrons. The van der Waals surface area contributed by atoms with Crippen LogP contribution >= 0.6 is 15.9 Å². The number of hydrogen-bond donors (Lipinski definition) is 1. The number of pyridine rings is 1. The zero-order chi connectivity index (χ0) is 15.4. The largest absolute Gasteiger partial charge is 0.482 e. The molecular formula is C14H13BrN2O4. The molecule has 0 amide bonds. The number of hydrogen-bond acceptors (Lipinski definition) is 5. The fraction of sp³-hybridized carbons (Fsp3) is 0.214. The molecule has 7 heteroatoms. The second-order valence-electron chi connectivity index (χ2n) is 4.43. The molecule has 0 fully saturated rings. The third kappa shape index (κ3) is 3.77. The molecule has 2 aromatic rings. The maximum absolute atomic E-state index is 11.2. The average Bonchev–Trinajstić information content (AvgIpc) is 2.46. The lowest BCUT2D eigenvalue weighted by Crippen LogP contribution is -2.05. The van der Waals surface area contributed by atoms with Gasteiger partial charge in [0.2, 0.25) is 5.75 Å². The van der Waals surface area contributed by atoms with Crippen molar-refractivity contribution in [2.45, 2.75) is 19.6 Å². The van der Waals surface area contributed by atoms with E-state index >= 15 is 0 Å². The Morgan fingerprint density at radius 2 is 2.29 bits per heavy atom. The van der Waals surface area contributed by atoms with Crippen LogP contribution in [0.1, 0.15) is 24.2 Å². The second kappa shape index (κ2) is 6.64. The number of rotatable bonds is 5. The van der Waals surface area contributed by atoms with E-state index in [1.54, 1.807) is 30.6 Å². The van der Waals surface area contributed by atoms with Gasteiger partial charge in [0.25, 0.3) is 0 Å². The molecule has 1 atom stereocenters. The molecule has 1 heterocycles. The Hall–Kier alpha value is -1.99. The first-order chi connectivity index (χ1) is 9.99. The summed E-state index contributed by atoms with van der Waals surface area (Å²) in [5, 5.41) is 21.0. The molecule has 21 heavy (non-hydrogen) atoms. The summed E-state index contributed by atoms with van der Waals surface area (Å²) in [6, 6.07) is 6.52. The zero-order valence-corrected chi connectivity index (χ0v) is 12.8. The molecular weight excluding hydrogens is 340 g/mol. The highest BCUT2D eigenvalue weighted by molar-refractivity contribution is 9.10. The number of halogens is 1. The summed E-state index contributed by atoms with van der Waals surface area (Å²) in [6.45, 7) is 1.67. The monoisotopic (exact) mass is 352 g/mol. The smallest absolute Gasteiger partial charge is 0.312 e. The zero-order valence-electron chi connectivity index (χ0n) is 11.2. The van der Waals surface area contributed by atoms with Gasteiger partial charge in [-0.3, -0.25) is 15.1 Å². The van der Waals surface area contributed by atoms with Crippen molar-refractivity contribution >= 4 is 21.6 Å². The van der Waals surface area contributed by atoms with E-state index in [0.29, 0.717) is 10.0 Å². The normalized spacial score (nSPS) is 12.0. The van der Waals surface area contributed by atoms with Crippen molar-refractivity contribution in [2.75, 3.05) is 0 Å². The van der Waals surface area contributed by atoms with E-state index in [1.807, 2.05) is 0 Å². The molecule has 6 nitrogen and oxygen atoms in total. The number of aliphatic hydroxyl groups excluding tert-OH is 1. The summed E-state index contributed by atoms with van der Waals surface area (Å²) >= 11 is 3.20. The molecule has 0 aliphatic rings. The number of aromatic nitrogens is 1. The van der Waals surface area contributed by atoms with Crippen molar-refractivity contribution in [1.29, 1.82) is 0 Å². The molecule has 0 spiro atoms. The first-order valence-corrected chi connectivity index (χ1v) is 6.96. The van der Waals surface area contributed by atoms with Crippen LogP contribution in [-0.2, 0) is 6.61 Å². The van der Waals surface area contributed by atoms with Gasteiger partial charge < -0.3 is 9.84 Å². The van der Waals surface area contributed by atoms with E-state index in [0.717, 1.165) is 5.56 Å². The molecule has 1 aromatic heterocycles. The van der Waals surface area contributed by atoms with Crippen LogP contribution in [0.15, 0.2) is 41.1 Å². The second-order valence-corrected chi connectivity index (χ2v) is 5.34. The molecule has 0 saturated carbocycles. The minimum atomic E-state index is -0.884. The maximum atomic E-state index is 11.2. The van der Waals surface area contributed by atoms with Gasteiger partial charge in [0.05, 0.1) is 11.0 Å². The van der Waals surface area contributed by atoms with Gasteiger partial charge in [0, 0.05) is 34.1 Å². The molecule has 0 aliphatic heterocycles. The number of nitro benzene ring substituents is 1. The van der Waals surface area contributed by atoms with E-state index in [9.17, 15) is 15.2 Å². The Morgan fingerprint density at radius 3 is 2.86 bits per heavy atom. The fourth-order valence-corrected chi connectivity index (χ4v) is 2.31. The summed E-state index contributed by atoms with van der Waals surface area (Å²) in [5.41, 5.74) is 0.954. The van der Waals surface area contributed by atoms with Gasteiger partial charge in [0.1, 0.15) is 6.61 Å². The third-order valence-electron chi connectivity index (χ3n) is 2.82. The van der Waals surface area contributed by atoms with Crippen LogP contribution in [0.3, 0.4) is 0 Å². The standard InChI is InChI=1S/C14H13BrN2O4/c1-9(18)12-5-11(15)6-13(17(19)20)14(12)21-8-10-3-2-4-16-7-10/h2-7,9,18H,8H2,1H3. The van der Waals surface area contributed by atoms with E-state index in [-0.39, 0.29) is 18.0 Å². The van der Waals surface area contributed by atoms with Gasteiger partial charge in [-0.05, 0) is 19.1 Å². The predicted molar refractivity (Wildman–Crippen MR) is 80.0 cm³/mol. The van der Waals surface area contributed by atoms with Crippen molar-refractivity contribution in [3.05, 3.63) is 62.4 Å². The van der Waals surface area contributed by atoms with Crippen molar-refractivity contribution in [2.24, 2.45) is 0 Å². The fourth-order valence-electron chi connectivity index (χ4n) is 1.84. The maximum Gasteiger partial charge on any atom is 0.312 e. The van der Waals surface area contributed by atoms with Crippen LogP contribution in [0.5, 0.6) is 5.75 Å². The predicted octanol–water partition coefficient (Wildman–Crippen LogP) is 3.38. The van der Waals surface area contributed by atoms with Crippen molar-refractivity contribution in [1.82, 2.24) is 4.98 Å². The molecule has 1 aromatic carbocycles. The number of ether oxygens (including phenoxy) is 1. The van der Waals surface area contributed by atoms with Gasteiger partial charge in [-0.15, -0.1) is 0 Å². The first kappa shape index (κ1) is 15.4. The quantitative estimate of drug-likeness (QED) is 0.658. The SMILES string of the molecule is CC(O)c1cc(Br)cc([N+](=O)[O-])c1OCc1cccnc1. The Kier molecular flexibility index (Phi) is 4.87.